The van der Waals surface area contributed by atoms with Crippen LogP contribution < -0.4 is 10.5 Å². The van der Waals surface area contributed by atoms with Crippen molar-refractivity contribution < 1.29 is 4.74 Å². The third-order valence-electron chi connectivity index (χ3n) is 2.67. The zero-order valence-electron chi connectivity index (χ0n) is 10.4. The van der Waals surface area contributed by atoms with Gasteiger partial charge in [-0.2, -0.15) is 0 Å². The Labute approximate surface area is 108 Å². The normalized spacial score (nSPS) is 10.3. The van der Waals surface area contributed by atoms with E-state index in [2.05, 4.69) is 23.2 Å². The Morgan fingerprint density at radius 1 is 1.06 bits per heavy atom. The molecule has 0 fully saturated rings. The summed E-state index contributed by atoms with van der Waals surface area (Å²) in [5, 5.41) is 0. The minimum absolute atomic E-state index is 0.666. The SMILES string of the molecule is NCCCOc1ccc(Cc2cccnc2)cc1. The fraction of sp³-hybridized carbons (Fsp3) is 0.267. The number of nitrogens with two attached hydrogens (primary N) is 1. The molecule has 0 radical (unpaired) electrons. The zero-order valence-corrected chi connectivity index (χ0v) is 10.4. The summed E-state index contributed by atoms with van der Waals surface area (Å²) in [7, 11) is 0. The predicted molar refractivity (Wildman–Crippen MR) is 72.7 cm³/mol. The average molecular weight is 242 g/mol. The maximum atomic E-state index is 5.56. The Morgan fingerprint density at radius 2 is 1.89 bits per heavy atom. The van der Waals surface area contributed by atoms with E-state index >= 15 is 0 Å². The van der Waals surface area contributed by atoms with Crippen molar-refractivity contribution in [1.82, 2.24) is 4.98 Å². The highest BCUT2D eigenvalue weighted by molar-refractivity contribution is 5.30. The third kappa shape index (κ3) is 3.86. The predicted octanol–water partition coefficient (Wildman–Crippen LogP) is 2.40. The molecule has 1 heterocycles. The molecule has 0 aliphatic rings. The maximum Gasteiger partial charge on any atom is 0.119 e. The number of rotatable bonds is 6. The summed E-state index contributed by atoms with van der Waals surface area (Å²) >= 11 is 0. The summed E-state index contributed by atoms with van der Waals surface area (Å²) in [6.07, 6.45) is 5.47. The number of hydrogen-bond acceptors (Lipinski definition) is 3. The van der Waals surface area contributed by atoms with Gasteiger partial charge in [-0.05, 0) is 48.7 Å². The molecule has 0 aliphatic heterocycles. The average Bonchev–Trinajstić information content (AvgIpc) is 2.42. The Morgan fingerprint density at radius 3 is 2.56 bits per heavy atom. The first-order valence-corrected chi connectivity index (χ1v) is 6.19. The van der Waals surface area contributed by atoms with E-state index in [9.17, 15) is 0 Å². The van der Waals surface area contributed by atoms with Crippen molar-refractivity contribution in [1.29, 1.82) is 0 Å². The molecule has 0 bridgehead atoms. The van der Waals surface area contributed by atoms with Crippen LogP contribution in [0.5, 0.6) is 5.75 Å². The van der Waals surface area contributed by atoms with Crippen molar-refractivity contribution in [2.24, 2.45) is 5.73 Å². The minimum Gasteiger partial charge on any atom is -0.494 e. The first-order chi connectivity index (χ1) is 8.88. The van der Waals surface area contributed by atoms with Crippen LogP contribution in [0, 0.1) is 0 Å². The Kier molecular flexibility index (Phi) is 4.73. The molecule has 2 rings (SSSR count). The van der Waals surface area contributed by atoms with E-state index in [1.165, 1.54) is 11.1 Å². The van der Waals surface area contributed by atoms with Crippen LogP contribution in [-0.2, 0) is 6.42 Å². The number of hydrogen-bond donors (Lipinski definition) is 1. The first kappa shape index (κ1) is 12.6. The monoisotopic (exact) mass is 242 g/mol. The maximum absolute atomic E-state index is 5.56. The number of aromatic nitrogens is 1. The molecule has 0 atom stereocenters. The van der Waals surface area contributed by atoms with Gasteiger partial charge in [0.2, 0.25) is 0 Å². The lowest BCUT2D eigenvalue weighted by atomic mass is 10.1. The fourth-order valence-electron chi connectivity index (χ4n) is 1.72. The standard InChI is InChI=1S/C15H18N2O/c16-8-2-10-18-15-6-4-13(5-7-15)11-14-3-1-9-17-12-14/h1,3-7,9,12H,2,8,10-11,16H2. The molecule has 3 heteroatoms. The van der Waals surface area contributed by atoms with Crippen LogP contribution in [0.25, 0.3) is 0 Å². The second-order valence-electron chi connectivity index (χ2n) is 4.17. The van der Waals surface area contributed by atoms with Gasteiger partial charge in [-0.15, -0.1) is 0 Å². The van der Waals surface area contributed by atoms with Crippen molar-refractivity contribution in [3.8, 4) is 5.75 Å². The van der Waals surface area contributed by atoms with Gasteiger partial charge in [0.1, 0.15) is 5.75 Å². The topological polar surface area (TPSA) is 48.1 Å². The van der Waals surface area contributed by atoms with E-state index in [0.29, 0.717) is 13.2 Å². The minimum atomic E-state index is 0.666. The first-order valence-electron chi connectivity index (χ1n) is 6.19. The highest BCUT2D eigenvalue weighted by atomic mass is 16.5. The molecule has 0 unspecified atom stereocenters. The van der Waals surface area contributed by atoms with Gasteiger partial charge in [0.05, 0.1) is 6.61 Å². The fourth-order valence-corrected chi connectivity index (χ4v) is 1.72. The number of pyridine rings is 1. The second-order valence-corrected chi connectivity index (χ2v) is 4.17. The number of ether oxygens (including phenoxy) is 1. The van der Waals surface area contributed by atoms with E-state index in [1.807, 2.05) is 24.4 Å². The van der Waals surface area contributed by atoms with Gasteiger partial charge < -0.3 is 10.5 Å². The zero-order chi connectivity index (χ0) is 12.6. The number of nitrogens with zero attached hydrogens (tertiary/aromatic N) is 1. The van der Waals surface area contributed by atoms with Crippen LogP contribution in [0.1, 0.15) is 17.5 Å². The van der Waals surface area contributed by atoms with E-state index < -0.39 is 0 Å². The van der Waals surface area contributed by atoms with Crippen molar-refractivity contribution in [2.75, 3.05) is 13.2 Å². The van der Waals surface area contributed by atoms with Gasteiger partial charge in [-0.25, -0.2) is 0 Å². The largest absolute Gasteiger partial charge is 0.494 e. The van der Waals surface area contributed by atoms with E-state index in [0.717, 1.165) is 18.6 Å². The summed E-state index contributed by atoms with van der Waals surface area (Å²) in [6, 6.07) is 12.2. The van der Waals surface area contributed by atoms with E-state index in [4.69, 9.17) is 10.5 Å². The van der Waals surface area contributed by atoms with Crippen LogP contribution in [0.2, 0.25) is 0 Å². The molecular weight excluding hydrogens is 224 g/mol. The summed E-state index contributed by atoms with van der Waals surface area (Å²) in [6.45, 7) is 1.34. The Bertz CT molecular complexity index is 454. The molecule has 94 valence electrons. The lowest BCUT2D eigenvalue weighted by Crippen LogP contribution is -2.06. The van der Waals surface area contributed by atoms with Gasteiger partial charge >= 0.3 is 0 Å². The summed E-state index contributed by atoms with van der Waals surface area (Å²) in [5.74, 6) is 0.901. The van der Waals surface area contributed by atoms with Gasteiger partial charge in [-0.3, -0.25) is 4.98 Å². The molecule has 0 aliphatic carbocycles. The molecule has 0 saturated heterocycles. The molecule has 18 heavy (non-hydrogen) atoms. The van der Waals surface area contributed by atoms with E-state index in [-0.39, 0.29) is 0 Å². The highest BCUT2D eigenvalue weighted by Crippen LogP contribution is 2.15. The lowest BCUT2D eigenvalue weighted by molar-refractivity contribution is 0.313. The van der Waals surface area contributed by atoms with Crippen LogP contribution >= 0.6 is 0 Å². The van der Waals surface area contributed by atoms with Crippen molar-refractivity contribution in [3.05, 3.63) is 59.9 Å². The Balaban J connectivity index is 1.91. The summed E-state index contributed by atoms with van der Waals surface area (Å²) in [5.41, 5.74) is 7.89. The quantitative estimate of drug-likeness (QED) is 0.791. The molecule has 0 saturated carbocycles. The smallest absolute Gasteiger partial charge is 0.119 e. The number of benzene rings is 1. The van der Waals surface area contributed by atoms with Gasteiger partial charge in [-0.1, -0.05) is 18.2 Å². The molecular formula is C15H18N2O. The third-order valence-corrected chi connectivity index (χ3v) is 2.67. The van der Waals surface area contributed by atoms with Gasteiger partial charge in [0.25, 0.3) is 0 Å². The summed E-state index contributed by atoms with van der Waals surface area (Å²) < 4.78 is 5.56. The van der Waals surface area contributed by atoms with Crippen LogP contribution in [0.4, 0.5) is 0 Å². The Hall–Kier alpha value is -1.87. The molecule has 0 spiro atoms. The molecule has 1 aromatic carbocycles. The lowest BCUT2D eigenvalue weighted by Gasteiger charge is -2.06. The molecule has 3 nitrogen and oxygen atoms in total. The molecule has 2 N–H and O–H groups in total. The van der Waals surface area contributed by atoms with Crippen LogP contribution in [-0.4, -0.2) is 18.1 Å². The summed E-state index contributed by atoms with van der Waals surface area (Å²) in [4.78, 5) is 4.11. The van der Waals surface area contributed by atoms with E-state index in [1.54, 1.807) is 6.20 Å². The van der Waals surface area contributed by atoms with Crippen molar-refractivity contribution >= 4 is 0 Å². The molecule has 0 amide bonds. The molecule has 1 aromatic heterocycles. The van der Waals surface area contributed by atoms with Crippen LogP contribution in [0.3, 0.4) is 0 Å². The van der Waals surface area contributed by atoms with Gasteiger partial charge in [0.15, 0.2) is 0 Å². The van der Waals surface area contributed by atoms with Gasteiger partial charge in [0, 0.05) is 12.4 Å². The molecule has 2 aromatic rings. The second kappa shape index (κ2) is 6.77. The van der Waals surface area contributed by atoms with Crippen molar-refractivity contribution in [2.45, 2.75) is 12.8 Å². The highest BCUT2D eigenvalue weighted by Gasteiger charge is 1.97. The van der Waals surface area contributed by atoms with Crippen molar-refractivity contribution in [3.63, 3.8) is 0 Å². The van der Waals surface area contributed by atoms with Crippen LogP contribution in [0.15, 0.2) is 48.8 Å².